The van der Waals surface area contributed by atoms with Gasteiger partial charge in [-0.1, -0.05) is 25.0 Å². The number of nitrogens with zero attached hydrogens (tertiary/aromatic N) is 3. The van der Waals surface area contributed by atoms with E-state index in [0.717, 1.165) is 13.0 Å². The first-order valence-electron chi connectivity index (χ1n) is 5.98. The molecule has 18 heavy (non-hydrogen) atoms. The highest BCUT2D eigenvalue weighted by molar-refractivity contribution is 5.74. The molecule has 0 aliphatic rings. The van der Waals surface area contributed by atoms with Crippen molar-refractivity contribution in [3.05, 3.63) is 12.4 Å². The summed E-state index contributed by atoms with van der Waals surface area (Å²) in [5.74, 6) is 2.77. The molecule has 0 saturated carbocycles. The number of carbonyl (C=O) groups excluding carboxylic acids is 1. The van der Waals surface area contributed by atoms with Gasteiger partial charge in [0.2, 0.25) is 0 Å². The third-order valence-corrected chi connectivity index (χ3v) is 2.45. The van der Waals surface area contributed by atoms with Crippen molar-refractivity contribution in [1.82, 2.24) is 25.6 Å². The van der Waals surface area contributed by atoms with E-state index in [1.165, 1.54) is 0 Å². The number of urea groups is 1. The summed E-state index contributed by atoms with van der Waals surface area (Å²) in [6.45, 7) is 5.23. The van der Waals surface area contributed by atoms with Crippen LogP contribution in [-0.4, -0.2) is 33.6 Å². The fraction of sp³-hybridized carbons (Fsp3) is 0.583. The average Bonchev–Trinajstić information content (AvgIpc) is 2.84. The number of terminal acetylenes is 1. The van der Waals surface area contributed by atoms with Crippen molar-refractivity contribution in [3.63, 3.8) is 0 Å². The average molecular weight is 249 g/mol. The maximum Gasteiger partial charge on any atom is 0.315 e. The second kappa shape index (κ2) is 7.33. The lowest BCUT2D eigenvalue weighted by molar-refractivity contribution is 0.236. The second-order valence-electron chi connectivity index (χ2n) is 4.31. The maximum absolute atomic E-state index is 11.5. The molecule has 2 amide bonds. The highest BCUT2D eigenvalue weighted by atomic mass is 16.2. The molecule has 1 rings (SSSR count). The molecule has 0 saturated heterocycles. The number of hydrogen-bond donors (Lipinski definition) is 2. The van der Waals surface area contributed by atoms with Crippen LogP contribution in [0.3, 0.4) is 0 Å². The topological polar surface area (TPSA) is 71.8 Å². The van der Waals surface area contributed by atoms with Gasteiger partial charge in [0, 0.05) is 19.3 Å². The number of rotatable bonds is 6. The van der Waals surface area contributed by atoms with E-state index in [1.807, 2.05) is 13.8 Å². The molecule has 0 unspecified atom stereocenters. The summed E-state index contributed by atoms with van der Waals surface area (Å²) in [5, 5.41) is 13.0. The minimum Gasteiger partial charge on any atom is -0.338 e. The van der Waals surface area contributed by atoms with Crippen molar-refractivity contribution in [1.29, 1.82) is 0 Å². The molecular weight excluding hydrogens is 230 g/mol. The van der Waals surface area contributed by atoms with Crippen LogP contribution in [0.2, 0.25) is 0 Å². The predicted molar refractivity (Wildman–Crippen MR) is 68.6 cm³/mol. The molecule has 0 bridgehead atoms. The largest absolute Gasteiger partial charge is 0.338 e. The van der Waals surface area contributed by atoms with Gasteiger partial charge >= 0.3 is 6.03 Å². The van der Waals surface area contributed by atoms with Crippen molar-refractivity contribution < 1.29 is 4.79 Å². The predicted octanol–water partition coefficient (Wildman–Crippen LogP) is 0.625. The van der Waals surface area contributed by atoms with E-state index in [4.69, 9.17) is 6.42 Å². The first kappa shape index (κ1) is 14.0. The van der Waals surface area contributed by atoms with E-state index in [9.17, 15) is 4.79 Å². The molecule has 0 aliphatic carbocycles. The fourth-order valence-electron chi connectivity index (χ4n) is 1.39. The van der Waals surface area contributed by atoms with Gasteiger partial charge < -0.3 is 10.6 Å². The normalized spacial score (nSPS) is 11.9. The fourth-order valence-corrected chi connectivity index (χ4v) is 1.39. The van der Waals surface area contributed by atoms with Crippen LogP contribution in [0.25, 0.3) is 0 Å². The third-order valence-electron chi connectivity index (χ3n) is 2.45. The molecule has 0 aromatic carbocycles. The molecule has 0 spiro atoms. The summed E-state index contributed by atoms with van der Waals surface area (Å²) in [4.78, 5) is 11.5. The van der Waals surface area contributed by atoms with Crippen molar-refractivity contribution in [2.75, 3.05) is 6.54 Å². The lowest BCUT2D eigenvalue weighted by Crippen LogP contribution is -2.44. The Morgan fingerprint density at radius 2 is 2.33 bits per heavy atom. The van der Waals surface area contributed by atoms with Crippen LogP contribution in [-0.2, 0) is 6.54 Å². The van der Waals surface area contributed by atoms with Crippen LogP contribution in [0.15, 0.2) is 12.4 Å². The lowest BCUT2D eigenvalue weighted by atomic mass is 10.1. The third kappa shape index (κ3) is 4.87. The Balaban J connectivity index is 2.15. The van der Waals surface area contributed by atoms with Crippen molar-refractivity contribution in [2.24, 2.45) is 5.92 Å². The summed E-state index contributed by atoms with van der Waals surface area (Å²) in [6.07, 6.45) is 9.53. The lowest BCUT2D eigenvalue weighted by Gasteiger charge is -2.16. The van der Waals surface area contributed by atoms with Crippen LogP contribution in [0.5, 0.6) is 0 Å². The van der Waals surface area contributed by atoms with Gasteiger partial charge in [-0.15, -0.1) is 11.5 Å². The van der Waals surface area contributed by atoms with Crippen LogP contribution in [0.4, 0.5) is 4.79 Å². The molecule has 1 atom stereocenters. The monoisotopic (exact) mass is 249 g/mol. The number of nitrogens with one attached hydrogen (secondary N) is 2. The summed E-state index contributed by atoms with van der Waals surface area (Å²) in [7, 11) is 0. The Bertz CT molecular complexity index is 393. The molecule has 0 radical (unpaired) electrons. The van der Waals surface area contributed by atoms with Gasteiger partial charge in [0.15, 0.2) is 0 Å². The van der Waals surface area contributed by atoms with E-state index in [2.05, 4.69) is 26.9 Å². The smallest absolute Gasteiger partial charge is 0.315 e. The van der Waals surface area contributed by atoms with Crippen LogP contribution >= 0.6 is 0 Å². The number of hydrogen-bond acceptors (Lipinski definition) is 3. The summed E-state index contributed by atoms with van der Waals surface area (Å²) < 4.78 is 1.72. The van der Waals surface area contributed by atoms with E-state index < -0.39 is 0 Å². The van der Waals surface area contributed by atoms with Gasteiger partial charge in [-0.05, 0) is 12.3 Å². The Labute approximate surface area is 107 Å². The summed E-state index contributed by atoms with van der Waals surface area (Å²) in [6, 6.07) is -0.467. The van der Waals surface area contributed by atoms with Gasteiger partial charge in [0.1, 0.15) is 0 Å². The highest BCUT2D eigenvalue weighted by Gasteiger charge is 2.12. The van der Waals surface area contributed by atoms with Crippen molar-refractivity contribution in [3.8, 4) is 12.3 Å². The zero-order valence-corrected chi connectivity index (χ0v) is 10.8. The zero-order chi connectivity index (χ0) is 13.4. The van der Waals surface area contributed by atoms with E-state index >= 15 is 0 Å². The molecule has 6 nitrogen and oxygen atoms in total. The number of aryl methyl sites for hydroxylation is 1. The number of amides is 2. The molecule has 0 fully saturated rings. The first-order chi connectivity index (χ1) is 8.63. The molecule has 6 heteroatoms. The van der Waals surface area contributed by atoms with Crippen LogP contribution in [0, 0.1) is 18.3 Å². The minimum atomic E-state index is -0.236. The summed E-state index contributed by atoms with van der Waals surface area (Å²) in [5.41, 5.74) is 0. The Morgan fingerprint density at radius 3 is 2.89 bits per heavy atom. The molecule has 1 aromatic rings. The highest BCUT2D eigenvalue weighted by Crippen LogP contribution is 1.99. The maximum atomic E-state index is 11.5. The SMILES string of the molecule is C#C[C@H](NC(=O)NCCCn1ccnn1)C(C)C. The Morgan fingerprint density at radius 1 is 1.56 bits per heavy atom. The quantitative estimate of drug-likeness (QED) is 0.573. The van der Waals surface area contributed by atoms with Crippen LogP contribution < -0.4 is 10.6 Å². The Kier molecular flexibility index (Phi) is 5.71. The van der Waals surface area contributed by atoms with Crippen molar-refractivity contribution >= 4 is 6.03 Å². The van der Waals surface area contributed by atoms with Crippen LogP contribution in [0.1, 0.15) is 20.3 Å². The molecule has 2 N–H and O–H groups in total. The molecule has 98 valence electrons. The van der Waals surface area contributed by atoms with Gasteiger partial charge in [-0.3, -0.25) is 4.68 Å². The summed E-state index contributed by atoms with van der Waals surface area (Å²) >= 11 is 0. The molecule has 1 heterocycles. The first-order valence-corrected chi connectivity index (χ1v) is 5.98. The van der Waals surface area contributed by atoms with Gasteiger partial charge in [0.05, 0.1) is 12.2 Å². The second-order valence-corrected chi connectivity index (χ2v) is 4.31. The number of carbonyl (C=O) groups is 1. The molecule has 0 aliphatic heterocycles. The Hall–Kier alpha value is -2.03. The number of aromatic nitrogens is 3. The molecule has 1 aromatic heterocycles. The van der Waals surface area contributed by atoms with Crippen molar-refractivity contribution in [2.45, 2.75) is 32.9 Å². The standard InChI is InChI=1S/C12H19N5O/c1-4-11(10(2)3)15-12(18)13-6-5-8-17-9-7-14-16-17/h1,7,9-11H,5-6,8H2,2-3H3,(H2,13,15,18)/t11-/m0/s1. The van der Waals surface area contributed by atoms with E-state index in [0.29, 0.717) is 6.54 Å². The minimum absolute atomic E-state index is 0.218. The van der Waals surface area contributed by atoms with E-state index in [1.54, 1.807) is 17.1 Å². The van der Waals surface area contributed by atoms with Gasteiger partial charge in [-0.2, -0.15) is 0 Å². The molecular formula is C12H19N5O. The van der Waals surface area contributed by atoms with E-state index in [-0.39, 0.29) is 18.0 Å². The zero-order valence-electron chi connectivity index (χ0n) is 10.8. The van der Waals surface area contributed by atoms with Gasteiger partial charge in [-0.25, -0.2) is 4.79 Å². The van der Waals surface area contributed by atoms with Gasteiger partial charge in [0.25, 0.3) is 0 Å².